The minimum atomic E-state index is -0.202. The Labute approximate surface area is 104 Å². The summed E-state index contributed by atoms with van der Waals surface area (Å²) in [5, 5.41) is 9.12. The zero-order valence-electron chi connectivity index (χ0n) is 11.0. The number of hydrogen-bond acceptors (Lipinski definition) is 3. The highest BCUT2D eigenvalue weighted by Gasteiger charge is 1.99. The van der Waals surface area contributed by atoms with Gasteiger partial charge in [0.25, 0.3) is 0 Å². The van der Waals surface area contributed by atoms with Crippen molar-refractivity contribution in [1.29, 1.82) is 0 Å². The highest BCUT2D eigenvalue weighted by molar-refractivity contribution is 5.49. The molecule has 0 aliphatic rings. The molecule has 0 saturated carbocycles. The number of ether oxygens (including phenoxy) is 1. The number of unbranched alkanes of at least 4 members (excludes halogenated alkanes) is 1. The van der Waals surface area contributed by atoms with Gasteiger partial charge in [-0.15, -0.1) is 0 Å². The van der Waals surface area contributed by atoms with Gasteiger partial charge in [-0.1, -0.05) is 6.07 Å². The summed E-state index contributed by atoms with van der Waals surface area (Å²) in [7, 11) is 4.03. The van der Waals surface area contributed by atoms with Crippen LogP contribution in [-0.2, 0) is 0 Å². The van der Waals surface area contributed by atoms with Crippen molar-refractivity contribution in [2.75, 3.05) is 25.6 Å². The Morgan fingerprint density at radius 3 is 2.71 bits per heavy atom. The normalized spacial score (nSPS) is 12.2. The molecule has 0 radical (unpaired) electrons. The summed E-state index contributed by atoms with van der Waals surface area (Å²) in [5.41, 5.74) is 1.14. The number of anilines is 1. The molecule has 0 saturated heterocycles. The molecule has 3 heteroatoms. The zero-order chi connectivity index (χ0) is 12.7. The van der Waals surface area contributed by atoms with E-state index in [1.54, 1.807) is 0 Å². The Kier molecular flexibility index (Phi) is 5.84. The summed E-state index contributed by atoms with van der Waals surface area (Å²) in [4.78, 5) is 2.06. The fourth-order valence-corrected chi connectivity index (χ4v) is 1.58. The second-order valence-electron chi connectivity index (χ2n) is 4.59. The first-order valence-electron chi connectivity index (χ1n) is 6.18. The van der Waals surface area contributed by atoms with Gasteiger partial charge in [0.15, 0.2) is 0 Å². The van der Waals surface area contributed by atoms with Gasteiger partial charge >= 0.3 is 0 Å². The van der Waals surface area contributed by atoms with Gasteiger partial charge in [0.1, 0.15) is 5.75 Å². The number of aliphatic hydroxyl groups excluding tert-OH is 1. The molecule has 1 atom stereocenters. The number of benzene rings is 1. The molecule has 17 heavy (non-hydrogen) atoms. The molecule has 0 heterocycles. The summed E-state index contributed by atoms with van der Waals surface area (Å²) < 4.78 is 5.67. The van der Waals surface area contributed by atoms with Crippen LogP contribution < -0.4 is 9.64 Å². The predicted octanol–water partition coefficient (Wildman–Crippen LogP) is 2.68. The average Bonchev–Trinajstić information content (AvgIpc) is 2.28. The molecule has 0 bridgehead atoms. The maximum absolute atomic E-state index is 9.12. The molecule has 1 aromatic carbocycles. The first kappa shape index (κ1) is 13.8. The van der Waals surface area contributed by atoms with Crippen molar-refractivity contribution < 1.29 is 9.84 Å². The minimum Gasteiger partial charge on any atom is -0.494 e. The van der Waals surface area contributed by atoms with E-state index in [0.717, 1.165) is 30.7 Å². The molecule has 0 aliphatic heterocycles. The van der Waals surface area contributed by atoms with E-state index in [2.05, 4.69) is 11.0 Å². The quantitative estimate of drug-likeness (QED) is 0.740. The molecule has 0 spiro atoms. The van der Waals surface area contributed by atoms with Crippen molar-refractivity contribution in [3.05, 3.63) is 24.3 Å². The summed E-state index contributed by atoms with van der Waals surface area (Å²) >= 11 is 0. The van der Waals surface area contributed by atoms with E-state index in [9.17, 15) is 0 Å². The Morgan fingerprint density at radius 2 is 2.06 bits per heavy atom. The van der Waals surface area contributed by atoms with Gasteiger partial charge in [-0.25, -0.2) is 0 Å². The van der Waals surface area contributed by atoms with Crippen LogP contribution in [0.1, 0.15) is 26.2 Å². The molecular weight excluding hydrogens is 214 g/mol. The molecule has 1 N–H and O–H groups in total. The molecule has 96 valence electrons. The van der Waals surface area contributed by atoms with E-state index in [0.29, 0.717) is 6.61 Å². The molecule has 0 fully saturated rings. The van der Waals surface area contributed by atoms with E-state index in [4.69, 9.17) is 9.84 Å². The van der Waals surface area contributed by atoms with Crippen LogP contribution in [0.15, 0.2) is 24.3 Å². The van der Waals surface area contributed by atoms with Crippen LogP contribution in [0.3, 0.4) is 0 Å². The Morgan fingerprint density at radius 1 is 1.29 bits per heavy atom. The van der Waals surface area contributed by atoms with E-state index < -0.39 is 0 Å². The molecule has 0 aromatic heterocycles. The van der Waals surface area contributed by atoms with Crippen molar-refractivity contribution in [3.8, 4) is 5.75 Å². The zero-order valence-corrected chi connectivity index (χ0v) is 11.0. The first-order valence-corrected chi connectivity index (χ1v) is 6.18. The maximum Gasteiger partial charge on any atom is 0.121 e. The third-order valence-electron chi connectivity index (χ3n) is 2.62. The van der Waals surface area contributed by atoms with E-state index in [1.807, 2.05) is 39.2 Å². The van der Waals surface area contributed by atoms with Crippen LogP contribution in [0, 0.1) is 0 Å². The standard InChI is InChI=1S/C14H23NO2/c1-12(16)7-4-5-10-17-14-9-6-8-13(11-14)15(2)3/h6,8-9,11-12,16H,4-5,7,10H2,1-3H3. The topological polar surface area (TPSA) is 32.7 Å². The summed E-state index contributed by atoms with van der Waals surface area (Å²) in [5.74, 6) is 0.910. The monoisotopic (exact) mass is 237 g/mol. The molecule has 1 rings (SSSR count). The largest absolute Gasteiger partial charge is 0.494 e. The van der Waals surface area contributed by atoms with E-state index in [-0.39, 0.29) is 6.10 Å². The van der Waals surface area contributed by atoms with E-state index in [1.165, 1.54) is 0 Å². The lowest BCUT2D eigenvalue weighted by Gasteiger charge is -2.14. The predicted molar refractivity (Wildman–Crippen MR) is 71.8 cm³/mol. The summed E-state index contributed by atoms with van der Waals surface area (Å²) in [6.45, 7) is 2.53. The number of rotatable bonds is 7. The molecular formula is C14H23NO2. The average molecular weight is 237 g/mol. The van der Waals surface area contributed by atoms with Crippen LogP contribution >= 0.6 is 0 Å². The van der Waals surface area contributed by atoms with Gasteiger partial charge < -0.3 is 14.7 Å². The van der Waals surface area contributed by atoms with Gasteiger partial charge in [-0.2, -0.15) is 0 Å². The first-order chi connectivity index (χ1) is 8.09. The number of hydrogen-bond donors (Lipinski definition) is 1. The highest BCUT2D eigenvalue weighted by Crippen LogP contribution is 2.19. The second kappa shape index (κ2) is 7.17. The summed E-state index contributed by atoms with van der Waals surface area (Å²) in [6.07, 6.45) is 2.63. The van der Waals surface area contributed by atoms with Gasteiger partial charge in [-0.3, -0.25) is 0 Å². The summed E-state index contributed by atoms with van der Waals surface area (Å²) in [6, 6.07) is 8.07. The molecule has 3 nitrogen and oxygen atoms in total. The SMILES string of the molecule is CC(O)CCCCOc1cccc(N(C)C)c1. The van der Waals surface area contributed by atoms with Crippen molar-refractivity contribution in [2.45, 2.75) is 32.3 Å². The van der Waals surface area contributed by atoms with Crippen LogP contribution in [0.25, 0.3) is 0 Å². The molecule has 0 aliphatic carbocycles. The van der Waals surface area contributed by atoms with Gasteiger partial charge in [0.2, 0.25) is 0 Å². The fraction of sp³-hybridized carbons (Fsp3) is 0.571. The van der Waals surface area contributed by atoms with Crippen molar-refractivity contribution in [2.24, 2.45) is 0 Å². The van der Waals surface area contributed by atoms with Gasteiger partial charge in [0, 0.05) is 25.8 Å². The highest BCUT2D eigenvalue weighted by atomic mass is 16.5. The van der Waals surface area contributed by atoms with Crippen LogP contribution in [-0.4, -0.2) is 31.9 Å². The lowest BCUT2D eigenvalue weighted by atomic mass is 10.2. The molecule has 0 amide bonds. The van der Waals surface area contributed by atoms with Crippen LogP contribution in [0.5, 0.6) is 5.75 Å². The van der Waals surface area contributed by atoms with Crippen molar-refractivity contribution in [1.82, 2.24) is 0 Å². The molecule has 1 unspecified atom stereocenters. The van der Waals surface area contributed by atoms with Crippen LogP contribution in [0.2, 0.25) is 0 Å². The Bertz CT molecular complexity index is 324. The lowest BCUT2D eigenvalue weighted by molar-refractivity contribution is 0.177. The van der Waals surface area contributed by atoms with Gasteiger partial charge in [0.05, 0.1) is 12.7 Å². The third-order valence-corrected chi connectivity index (χ3v) is 2.62. The smallest absolute Gasteiger partial charge is 0.121 e. The Balaban J connectivity index is 2.29. The Hall–Kier alpha value is -1.22. The minimum absolute atomic E-state index is 0.202. The number of aliphatic hydroxyl groups is 1. The fourth-order valence-electron chi connectivity index (χ4n) is 1.58. The second-order valence-corrected chi connectivity index (χ2v) is 4.59. The molecule has 1 aromatic rings. The van der Waals surface area contributed by atoms with Crippen molar-refractivity contribution >= 4 is 5.69 Å². The van der Waals surface area contributed by atoms with Gasteiger partial charge in [-0.05, 0) is 38.3 Å². The van der Waals surface area contributed by atoms with E-state index >= 15 is 0 Å². The lowest BCUT2D eigenvalue weighted by Crippen LogP contribution is -2.08. The maximum atomic E-state index is 9.12. The third kappa shape index (κ3) is 5.59. The van der Waals surface area contributed by atoms with Crippen LogP contribution in [0.4, 0.5) is 5.69 Å². The number of nitrogens with zero attached hydrogens (tertiary/aromatic N) is 1. The van der Waals surface area contributed by atoms with Crippen molar-refractivity contribution in [3.63, 3.8) is 0 Å².